The number of halogens is 1. The molecule has 1 aromatic heterocycles. The van der Waals surface area contributed by atoms with Crippen molar-refractivity contribution in [3.63, 3.8) is 0 Å². The Labute approximate surface area is 141 Å². The van der Waals surface area contributed by atoms with Crippen LogP contribution in [0, 0.1) is 17.1 Å². The molecule has 0 unspecified atom stereocenters. The van der Waals surface area contributed by atoms with Crippen LogP contribution in [0.1, 0.15) is 11.3 Å². The summed E-state index contributed by atoms with van der Waals surface area (Å²) >= 11 is 4.55. The molecule has 0 N–H and O–H groups in total. The number of thiocarbonyl (C=S) groups is 1. The third-order valence-corrected chi connectivity index (χ3v) is 2.68. The van der Waals surface area contributed by atoms with Gasteiger partial charge in [0.1, 0.15) is 11.9 Å². The van der Waals surface area contributed by atoms with Crippen LogP contribution in [0.2, 0.25) is 0 Å². The Morgan fingerprint density at radius 2 is 1.85 bits per heavy atom. The standard InChI is InChI=1S/C13H7FN2O2S.Na/c14-9-2-4-10(5-3-9)16-11(17)6-1-8(7-15)12(16)13(18)19;/h1-6H,(H,18,19);/q;+1/p-1. The van der Waals surface area contributed by atoms with Crippen LogP contribution in [-0.2, 0) is 0 Å². The van der Waals surface area contributed by atoms with Gasteiger partial charge < -0.3 is 5.11 Å². The SMILES string of the molecule is N#Cc1ccc(=O)n(-c2ccc(F)cc2)c1C([O-])=S.[Na+]. The molecule has 0 aliphatic carbocycles. The van der Waals surface area contributed by atoms with Crippen molar-refractivity contribution in [3.05, 3.63) is 63.8 Å². The second-order valence-corrected chi connectivity index (χ2v) is 4.02. The zero-order chi connectivity index (χ0) is 14.0. The summed E-state index contributed by atoms with van der Waals surface area (Å²) in [5.74, 6) is -0.473. The van der Waals surface area contributed by atoms with E-state index in [4.69, 9.17) is 5.26 Å². The van der Waals surface area contributed by atoms with Gasteiger partial charge in [-0.3, -0.25) is 9.36 Å². The van der Waals surface area contributed by atoms with E-state index in [1.807, 2.05) is 0 Å². The second kappa shape index (κ2) is 6.77. The van der Waals surface area contributed by atoms with E-state index in [-0.39, 0.29) is 46.5 Å². The molecule has 1 heterocycles. The first-order chi connectivity index (χ1) is 9.04. The topological polar surface area (TPSA) is 68.8 Å². The van der Waals surface area contributed by atoms with Gasteiger partial charge in [-0.05, 0) is 35.4 Å². The van der Waals surface area contributed by atoms with E-state index < -0.39 is 16.4 Å². The maximum Gasteiger partial charge on any atom is 1.00 e. The summed E-state index contributed by atoms with van der Waals surface area (Å²) in [6, 6.07) is 9.17. The van der Waals surface area contributed by atoms with Gasteiger partial charge in [0.2, 0.25) is 0 Å². The normalized spacial score (nSPS) is 9.40. The monoisotopic (exact) mass is 296 g/mol. The zero-order valence-electron chi connectivity index (χ0n) is 10.5. The first kappa shape index (κ1) is 16.5. The smallest absolute Gasteiger partial charge is 0.863 e. The van der Waals surface area contributed by atoms with E-state index in [1.165, 1.54) is 18.2 Å². The van der Waals surface area contributed by atoms with Crippen LogP contribution in [-0.4, -0.2) is 9.62 Å². The summed E-state index contributed by atoms with van der Waals surface area (Å²) in [4.78, 5) is 11.9. The van der Waals surface area contributed by atoms with Crippen molar-refractivity contribution in [3.8, 4) is 11.8 Å². The van der Waals surface area contributed by atoms with E-state index in [2.05, 4.69) is 12.2 Å². The fourth-order valence-electron chi connectivity index (χ4n) is 1.68. The van der Waals surface area contributed by atoms with Crippen LogP contribution in [0.15, 0.2) is 41.2 Å². The molecule has 20 heavy (non-hydrogen) atoms. The summed E-state index contributed by atoms with van der Waals surface area (Å²) in [6.07, 6.45) is 0. The van der Waals surface area contributed by atoms with Gasteiger partial charge in [-0.2, -0.15) is 5.26 Å². The molecule has 2 rings (SSSR count). The number of nitriles is 1. The van der Waals surface area contributed by atoms with Crippen molar-refractivity contribution in [1.29, 1.82) is 5.26 Å². The molecule has 0 radical (unpaired) electrons. The van der Waals surface area contributed by atoms with Gasteiger partial charge in [-0.15, -0.1) is 0 Å². The first-order valence-electron chi connectivity index (χ1n) is 5.18. The molecule has 1 aromatic carbocycles. The molecule has 0 aliphatic rings. The molecule has 0 aliphatic heterocycles. The molecule has 0 fully saturated rings. The minimum atomic E-state index is -0.821. The number of benzene rings is 1. The predicted molar refractivity (Wildman–Crippen MR) is 68.4 cm³/mol. The maximum absolute atomic E-state index is 12.9. The summed E-state index contributed by atoms with van der Waals surface area (Å²) in [7, 11) is 0. The van der Waals surface area contributed by atoms with Gasteiger partial charge in [0.15, 0.2) is 0 Å². The number of rotatable bonds is 2. The Balaban J connectivity index is 0.00000200. The van der Waals surface area contributed by atoms with Gasteiger partial charge in [0.25, 0.3) is 5.56 Å². The number of hydrogen-bond acceptors (Lipinski definition) is 4. The van der Waals surface area contributed by atoms with Crippen molar-refractivity contribution in [2.24, 2.45) is 0 Å². The quantitative estimate of drug-likeness (QED) is 0.470. The van der Waals surface area contributed by atoms with E-state index in [0.717, 1.165) is 22.8 Å². The molecule has 94 valence electrons. The molecule has 0 spiro atoms. The van der Waals surface area contributed by atoms with E-state index >= 15 is 0 Å². The molecule has 0 atom stereocenters. The molecular weight excluding hydrogens is 290 g/mol. The van der Waals surface area contributed by atoms with Crippen molar-refractivity contribution in [2.45, 2.75) is 0 Å². The van der Waals surface area contributed by atoms with Crippen molar-refractivity contribution < 1.29 is 39.1 Å². The molecule has 0 saturated carbocycles. The summed E-state index contributed by atoms with van der Waals surface area (Å²) in [5, 5.41) is 19.6. The fraction of sp³-hybridized carbons (Fsp3) is 0. The van der Waals surface area contributed by atoms with Crippen LogP contribution in [0.25, 0.3) is 5.69 Å². The van der Waals surface area contributed by atoms with Crippen LogP contribution < -0.4 is 40.2 Å². The molecule has 0 saturated heterocycles. The van der Waals surface area contributed by atoms with Crippen LogP contribution in [0.5, 0.6) is 0 Å². The number of nitrogens with zero attached hydrogens (tertiary/aromatic N) is 2. The summed E-state index contributed by atoms with van der Waals surface area (Å²) < 4.78 is 13.9. The van der Waals surface area contributed by atoms with Crippen molar-refractivity contribution in [1.82, 2.24) is 4.57 Å². The number of pyridine rings is 1. The molecular formula is C13H6FN2NaO2S. The Kier molecular flexibility index (Phi) is 5.60. The Morgan fingerprint density at radius 1 is 1.25 bits per heavy atom. The minimum absolute atomic E-state index is 0. The van der Waals surface area contributed by atoms with Crippen molar-refractivity contribution in [2.75, 3.05) is 0 Å². The summed E-state index contributed by atoms with van der Waals surface area (Å²) in [6.45, 7) is 0. The molecule has 0 bridgehead atoms. The number of hydrogen-bond donors (Lipinski definition) is 0. The third-order valence-electron chi connectivity index (χ3n) is 2.49. The zero-order valence-corrected chi connectivity index (χ0v) is 13.3. The van der Waals surface area contributed by atoms with E-state index in [0.29, 0.717) is 0 Å². The van der Waals surface area contributed by atoms with Crippen LogP contribution in [0.3, 0.4) is 0 Å². The fourth-order valence-corrected chi connectivity index (χ4v) is 1.88. The summed E-state index contributed by atoms with van der Waals surface area (Å²) in [5.41, 5.74) is -0.420. The van der Waals surface area contributed by atoms with Gasteiger partial charge in [-0.25, -0.2) is 4.39 Å². The van der Waals surface area contributed by atoms with Gasteiger partial charge in [0.05, 0.1) is 11.3 Å². The van der Waals surface area contributed by atoms with Gasteiger partial charge >= 0.3 is 29.6 Å². The average Bonchev–Trinajstić information content (AvgIpc) is 2.39. The van der Waals surface area contributed by atoms with E-state index in [9.17, 15) is 14.3 Å². The Morgan fingerprint density at radius 3 is 2.35 bits per heavy atom. The molecule has 2 aromatic rings. The van der Waals surface area contributed by atoms with Crippen LogP contribution in [0.4, 0.5) is 4.39 Å². The second-order valence-electron chi connectivity index (χ2n) is 3.64. The molecule has 0 amide bonds. The number of aromatic nitrogens is 1. The predicted octanol–water partition coefficient (Wildman–Crippen LogP) is -2.11. The van der Waals surface area contributed by atoms with Gasteiger partial charge in [0, 0.05) is 11.8 Å². The van der Waals surface area contributed by atoms with E-state index in [1.54, 1.807) is 6.07 Å². The molecule has 7 heteroatoms. The largest absolute Gasteiger partial charge is 1.00 e. The van der Waals surface area contributed by atoms with Crippen molar-refractivity contribution >= 4 is 17.3 Å². The third kappa shape index (κ3) is 3.14. The average molecular weight is 296 g/mol. The first-order valence-corrected chi connectivity index (χ1v) is 5.59. The van der Waals surface area contributed by atoms with Crippen LogP contribution >= 0.6 is 12.2 Å². The minimum Gasteiger partial charge on any atom is -0.863 e. The Bertz CT molecular complexity index is 750. The maximum atomic E-state index is 12.9. The van der Waals surface area contributed by atoms with Gasteiger partial charge in [-0.1, -0.05) is 12.2 Å². The Hall–Kier alpha value is -1.52. The molecule has 4 nitrogen and oxygen atoms in total.